The maximum Gasteiger partial charge on any atom is 0.288 e. The summed E-state index contributed by atoms with van der Waals surface area (Å²) in [6, 6.07) is 1.02. The minimum atomic E-state index is -1.49. The molecule has 104 valence electrons. The third kappa shape index (κ3) is 4.12. The third-order valence-corrected chi connectivity index (χ3v) is 2.62. The van der Waals surface area contributed by atoms with Crippen molar-refractivity contribution in [1.29, 1.82) is 0 Å². The zero-order valence-electron chi connectivity index (χ0n) is 9.91. The minimum absolute atomic E-state index is 0.0753. The Morgan fingerprint density at radius 1 is 1.63 bits per heavy atom. The molecule has 0 saturated carbocycles. The van der Waals surface area contributed by atoms with Crippen molar-refractivity contribution < 1.29 is 19.9 Å². The van der Waals surface area contributed by atoms with Crippen LogP contribution in [0.15, 0.2) is 12.3 Å². The number of nitrogens with one attached hydrogen (secondary N) is 1. The van der Waals surface area contributed by atoms with Crippen LogP contribution in [-0.4, -0.2) is 38.7 Å². The second-order valence-corrected chi connectivity index (χ2v) is 4.14. The van der Waals surface area contributed by atoms with E-state index in [0.717, 1.165) is 12.3 Å². The van der Waals surface area contributed by atoms with Gasteiger partial charge in [0.1, 0.15) is 23.6 Å². The van der Waals surface area contributed by atoms with Crippen LogP contribution >= 0.6 is 11.6 Å². The van der Waals surface area contributed by atoms with E-state index in [9.17, 15) is 25.1 Å². The lowest BCUT2D eigenvalue weighted by molar-refractivity contribution is -0.385. The number of nitrogens with zero attached hydrogens (tertiary/aromatic N) is 2. The SMILES string of the molecule is CC(=O)NCC(O)C(O)c1cc([N+](=O)[O-])cnc1Cl. The minimum Gasteiger partial charge on any atom is -0.388 e. The van der Waals surface area contributed by atoms with Crippen molar-refractivity contribution in [3.05, 3.63) is 33.1 Å². The largest absolute Gasteiger partial charge is 0.388 e. The second-order valence-electron chi connectivity index (χ2n) is 3.78. The van der Waals surface area contributed by atoms with Crippen LogP contribution in [0.5, 0.6) is 0 Å². The summed E-state index contributed by atoms with van der Waals surface area (Å²) in [6.45, 7) is 1.04. The highest BCUT2D eigenvalue weighted by atomic mass is 35.5. The summed E-state index contributed by atoms with van der Waals surface area (Å²) >= 11 is 5.71. The molecule has 0 aromatic carbocycles. The molecule has 3 N–H and O–H groups in total. The number of amides is 1. The van der Waals surface area contributed by atoms with Gasteiger partial charge in [-0.05, 0) is 0 Å². The van der Waals surface area contributed by atoms with E-state index in [4.69, 9.17) is 11.6 Å². The fourth-order valence-corrected chi connectivity index (χ4v) is 1.54. The van der Waals surface area contributed by atoms with Crippen molar-refractivity contribution >= 4 is 23.2 Å². The zero-order valence-corrected chi connectivity index (χ0v) is 10.7. The predicted octanol–water partition coefficient (Wildman–Crippen LogP) is 0.174. The molecule has 0 aliphatic carbocycles. The lowest BCUT2D eigenvalue weighted by Crippen LogP contribution is -2.34. The van der Waals surface area contributed by atoms with Gasteiger partial charge >= 0.3 is 0 Å². The zero-order chi connectivity index (χ0) is 14.6. The molecule has 1 amide bonds. The molecule has 0 saturated heterocycles. The topological polar surface area (TPSA) is 126 Å². The van der Waals surface area contributed by atoms with Gasteiger partial charge in [-0.1, -0.05) is 11.6 Å². The average Bonchev–Trinajstić information content (AvgIpc) is 2.35. The summed E-state index contributed by atoms with van der Waals surface area (Å²) < 4.78 is 0. The molecule has 2 unspecified atom stereocenters. The monoisotopic (exact) mass is 289 g/mol. The highest BCUT2D eigenvalue weighted by molar-refractivity contribution is 6.30. The number of carbonyl (C=O) groups is 1. The van der Waals surface area contributed by atoms with Gasteiger partial charge in [0.15, 0.2) is 0 Å². The molecule has 19 heavy (non-hydrogen) atoms. The van der Waals surface area contributed by atoms with Crippen LogP contribution in [0.3, 0.4) is 0 Å². The van der Waals surface area contributed by atoms with E-state index in [1.165, 1.54) is 6.92 Å². The van der Waals surface area contributed by atoms with Gasteiger partial charge in [0.25, 0.3) is 5.69 Å². The van der Waals surface area contributed by atoms with Crippen LogP contribution < -0.4 is 5.32 Å². The molecule has 0 spiro atoms. The van der Waals surface area contributed by atoms with Gasteiger partial charge in [-0.2, -0.15) is 0 Å². The molecule has 1 aromatic rings. The number of hydrogen-bond donors (Lipinski definition) is 3. The molecule has 0 bridgehead atoms. The summed E-state index contributed by atoms with van der Waals surface area (Å²) in [4.78, 5) is 24.1. The van der Waals surface area contributed by atoms with E-state index < -0.39 is 17.1 Å². The Morgan fingerprint density at radius 2 is 2.26 bits per heavy atom. The highest BCUT2D eigenvalue weighted by Gasteiger charge is 2.24. The Kier molecular flexibility index (Phi) is 5.16. The number of aliphatic hydroxyl groups is 2. The molecular weight excluding hydrogens is 278 g/mol. The van der Waals surface area contributed by atoms with E-state index in [2.05, 4.69) is 10.3 Å². The van der Waals surface area contributed by atoms with Gasteiger partial charge in [0, 0.05) is 25.1 Å². The molecule has 0 fully saturated rings. The lowest BCUT2D eigenvalue weighted by atomic mass is 10.1. The van der Waals surface area contributed by atoms with Crippen molar-refractivity contribution in [2.75, 3.05) is 6.54 Å². The molecule has 0 aliphatic rings. The van der Waals surface area contributed by atoms with E-state index in [1.54, 1.807) is 0 Å². The number of pyridine rings is 1. The first-order valence-corrected chi connectivity index (χ1v) is 5.61. The van der Waals surface area contributed by atoms with Crippen molar-refractivity contribution in [2.24, 2.45) is 0 Å². The fraction of sp³-hybridized carbons (Fsp3) is 0.400. The average molecular weight is 290 g/mol. The number of nitro groups is 1. The van der Waals surface area contributed by atoms with Crippen molar-refractivity contribution in [1.82, 2.24) is 10.3 Å². The van der Waals surface area contributed by atoms with Crippen molar-refractivity contribution in [3.8, 4) is 0 Å². The lowest BCUT2D eigenvalue weighted by Gasteiger charge is -2.18. The number of rotatable bonds is 5. The summed E-state index contributed by atoms with van der Waals surface area (Å²) in [5.41, 5.74) is -0.432. The van der Waals surface area contributed by atoms with Gasteiger partial charge in [-0.15, -0.1) is 0 Å². The molecule has 1 rings (SSSR count). The fourth-order valence-electron chi connectivity index (χ4n) is 1.33. The maximum absolute atomic E-state index is 10.7. The predicted molar refractivity (Wildman–Crippen MR) is 65.6 cm³/mol. The normalized spacial score (nSPS) is 13.7. The van der Waals surface area contributed by atoms with E-state index in [1.807, 2.05) is 0 Å². The summed E-state index contributed by atoms with van der Waals surface area (Å²) in [5.74, 6) is -0.380. The van der Waals surface area contributed by atoms with Gasteiger partial charge in [-0.3, -0.25) is 14.9 Å². The van der Waals surface area contributed by atoms with Gasteiger partial charge in [0.05, 0.1) is 4.92 Å². The summed E-state index contributed by atoms with van der Waals surface area (Å²) in [5, 5.41) is 32.2. The standard InChI is InChI=1S/C10H12ClN3O5/c1-5(15)12-4-8(16)9(17)7-2-6(14(18)19)3-13-10(7)11/h2-3,8-9,16-17H,4H2,1H3,(H,12,15). The third-order valence-electron chi connectivity index (χ3n) is 2.31. The molecular formula is C10H12ClN3O5. The Hall–Kier alpha value is -1.77. The number of aromatic nitrogens is 1. The molecule has 1 heterocycles. The number of hydrogen-bond acceptors (Lipinski definition) is 6. The Bertz CT molecular complexity index is 496. The molecule has 0 radical (unpaired) electrons. The first kappa shape index (κ1) is 15.3. The second kappa shape index (κ2) is 6.41. The van der Waals surface area contributed by atoms with E-state index in [-0.39, 0.29) is 28.9 Å². The Balaban J connectivity index is 2.91. The van der Waals surface area contributed by atoms with Crippen molar-refractivity contribution in [3.63, 3.8) is 0 Å². The quantitative estimate of drug-likeness (QED) is 0.403. The first-order chi connectivity index (χ1) is 8.82. The van der Waals surface area contributed by atoms with Crippen LogP contribution in [0.4, 0.5) is 5.69 Å². The number of halogens is 1. The maximum atomic E-state index is 10.7. The van der Waals surface area contributed by atoms with Crippen LogP contribution in [0.25, 0.3) is 0 Å². The number of carbonyl (C=O) groups excluding carboxylic acids is 1. The van der Waals surface area contributed by atoms with E-state index in [0.29, 0.717) is 0 Å². The van der Waals surface area contributed by atoms with E-state index >= 15 is 0 Å². The molecule has 1 aromatic heterocycles. The Morgan fingerprint density at radius 3 is 2.79 bits per heavy atom. The molecule has 0 aliphatic heterocycles. The van der Waals surface area contributed by atoms with Crippen LogP contribution in [0.1, 0.15) is 18.6 Å². The number of aliphatic hydroxyl groups excluding tert-OH is 2. The summed E-state index contributed by atoms with van der Waals surface area (Å²) in [7, 11) is 0. The summed E-state index contributed by atoms with van der Waals surface area (Å²) in [6.07, 6.45) is -1.91. The Labute approximate surface area is 113 Å². The van der Waals surface area contributed by atoms with Gasteiger partial charge in [-0.25, -0.2) is 4.98 Å². The highest BCUT2D eigenvalue weighted by Crippen LogP contribution is 2.26. The first-order valence-electron chi connectivity index (χ1n) is 5.23. The van der Waals surface area contributed by atoms with Crippen LogP contribution in [0.2, 0.25) is 5.15 Å². The van der Waals surface area contributed by atoms with Gasteiger partial charge < -0.3 is 15.5 Å². The van der Waals surface area contributed by atoms with Crippen LogP contribution in [0, 0.1) is 10.1 Å². The molecule has 9 heteroatoms. The van der Waals surface area contributed by atoms with Gasteiger partial charge in [0.2, 0.25) is 5.91 Å². The molecule has 2 atom stereocenters. The van der Waals surface area contributed by atoms with Crippen LogP contribution in [-0.2, 0) is 4.79 Å². The molecule has 8 nitrogen and oxygen atoms in total. The van der Waals surface area contributed by atoms with Crippen molar-refractivity contribution in [2.45, 2.75) is 19.1 Å². The smallest absolute Gasteiger partial charge is 0.288 e.